The van der Waals surface area contributed by atoms with Gasteiger partial charge >= 0.3 is 0 Å². The molecule has 0 aromatic carbocycles. The second kappa shape index (κ2) is 5.52. The molecule has 0 aromatic heterocycles. The molecule has 1 aliphatic carbocycles. The Kier molecular flexibility index (Phi) is 4.84. The van der Waals surface area contributed by atoms with Gasteiger partial charge in [0.05, 0.1) is 0 Å². The quantitative estimate of drug-likeness (QED) is 0.790. The molecule has 0 aromatic rings. The third-order valence-corrected chi connectivity index (χ3v) is 5.15. The van der Waals surface area contributed by atoms with Crippen molar-refractivity contribution in [1.82, 2.24) is 5.32 Å². The summed E-state index contributed by atoms with van der Waals surface area (Å²) in [7, 11) is 0. The van der Waals surface area contributed by atoms with E-state index in [1.165, 1.54) is 12.8 Å². The summed E-state index contributed by atoms with van der Waals surface area (Å²) in [6.07, 6.45) is 3.41. The normalized spacial score (nSPS) is 25.8. The number of halogens is 1. The van der Waals surface area contributed by atoms with E-state index < -0.39 is 0 Å². The highest BCUT2D eigenvalue weighted by Crippen LogP contribution is 2.42. The molecule has 2 atom stereocenters. The lowest BCUT2D eigenvalue weighted by Crippen LogP contribution is -2.39. The number of alkyl halides is 1. The summed E-state index contributed by atoms with van der Waals surface area (Å²) in [4.78, 5) is 12.4. The Hall–Kier alpha value is -0.0500. The van der Waals surface area contributed by atoms with Gasteiger partial charge in [-0.05, 0) is 24.2 Å². The molecule has 2 unspecified atom stereocenters. The molecule has 0 bridgehead atoms. The average molecular weight is 290 g/mol. The van der Waals surface area contributed by atoms with E-state index in [2.05, 4.69) is 48.9 Å². The van der Waals surface area contributed by atoms with Gasteiger partial charge in [-0.3, -0.25) is 4.79 Å². The summed E-state index contributed by atoms with van der Waals surface area (Å²) in [5, 5.41) is 3.08. The van der Waals surface area contributed by atoms with Gasteiger partial charge in [0.25, 0.3) is 0 Å². The SMILES string of the molecule is CC(C)C(Br)CNC(=O)C1CCCC1(C)C. The molecule has 1 amide bonds. The number of carbonyl (C=O) groups excluding carboxylic acids is 1. The molecule has 3 heteroatoms. The molecule has 1 N–H and O–H groups in total. The fourth-order valence-electron chi connectivity index (χ4n) is 2.37. The van der Waals surface area contributed by atoms with Crippen molar-refractivity contribution >= 4 is 21.8 Å². The smallest absolute Gasteiger partial charge is 0.223 e. The molecule has 94 valence electrons. The van der Waals surface area contributed by atoms with Crippen molar-refractivity contribution in [1.29, 1.82) is 0 Å². The zero-order valence-electron chi connectivity index (χ0n) is 10.8. The monoisotopic (exact) mass is 289 g/mol. The number of amides is 1. The summed E-state index contributed by atoms with van der Waals surface area (Å²) in [5.74, 6) is 1.00. The van der Waals surface area contributed by atoms with Crippen molar-refractivity contribution < 1.29 is 4.79 Å². The maximum Gasteiger partial charge on any atom is 0.223 e. The Morgan fingerprint density at radius 3 is 2.56 bits per heavy atom. The van der Waals surface area contributed by atoms with Crippen LogP contribution in [0, 0.1) is 17.3 Å². The third kappa shape index (κ3) is 3.47. The number of hydrogen-bond acceptors (Lipinski definition) is 1. The van der Waals surface area contributed by atoms with Gasteiger partial charge in [-0.15, -0.1) is 0 Å². The van der Waals surface area contributed by atoms with Crippen molar-refractivity contribution in [3.63, 3.8) is 0 Å². The molecule has 1 aliphatic rings. The standard InChI is InChI=1S/C13H24BrNO/c1-9(2)11(14)8-15-12(16)10-6-5-7-13(10,3)4/h9-11H,5-8H2,1-4H3,(H,15,16). The molecule has 0 radical (unpaired) electrons. The Balaban J connectivity index is 2.41. The zero-order chi connectivity index (χ0) is 12.3. The first-order chi connectivity index (χ1) is 7.34. The van der Waals surface area contributed by atoms with Crippen LogP contribution in [0.15, 0.2) is 0 Å². The molecule has 1 rings (SSSR count). The molecule has 2 nitrogen and oxygen atoms in total. The number of nitrogens with one attached hydrogen (secondary N) is 1. The zero-order valence-corrected chi connectivity index (χ0v) is 12.4. The van der Waals surface area contributed by atoms with Crippen LogP contribution in [-0.2, 0) is 4.79 Å². The highest BCUT2D eigenvalue weighted by atomic mass is 79.9. The lowest BCUT2D eigenvalue weighted by Gasteiger charge is -2.26. The van der Waals surface area contributed by atoms with Crippen molar-refractivity contribution in [2.24, 2.45) is 17.3 Å². The van der Waals surface area contributed by atoms with E-state index in [1.807, 2.05) is 0 Å². The number of rotatable bonds is 4. The minimum absolute atomic E-state index is 0.184. The molecule has 0 saturated heterocycles. The van der Waals surface area contributed by atoms with Crippen LogP contribution in [0.2, 0.25) is 0 Å². The van der Waals surface area contributed by atoms with Crippen LogP contribution in [0.4, 0.5) is 0 Å². The van der Waals surface area contributed by atoms with Gasteiger partial charge in [0.2, 0.25) is 5.91 Å². The van der Waals surface area contributed by atoms with E-state index in [0.717, 1.165) is 13.0 Å². The fourth-order valence-corrected chi connectivity index (χ4v) is 2.53. The van der Waals surface area contributed by atoms with Crippen molar-refractivity contribution in [2.45, 2.75) is 51.8 Å². The molecule has 0 heterocycles. The second-order valence-electron chi connectivity index (χ2n) is 5.94. The maximum atomic E-state index is 12.1. The van der Waals surface area contributed by atoms with Crippen LogP contribution in [0.1, 0.15) is 47.0 Å². The van der Waals surface area contributed by atoms with Gasteiger partial charge < -0.3 is 5.32 Å². The molecule has 0 aliphatic heterocycles. The van der Waals surface area contributed by atoms with E-state index in [0.29, 0.717) is 10.7 Å². The fraction of sp³-hybridized carbons (Fsp3) is 0.923. The first kappa shape index (κ1) is 14.0. The number of carbonyl (C=O) groups is 1. The van der Waals surface area contributed by atoms with Crippen molar-refractivity contribution in [3.8, 4) is 0 Å². The Bertz CT molecular complexity index is 250. The van der Waals surface area contributed by atoms with Crippen LogP contribution in [-0.4, -0.2) is 17.3 Å². The van der Waals surface area contributed by atoms with Gasteiger partial charge in [0, 0.05) is 17.3 Å². The predicted molar refractivity (Wildman–Crippen MR) is 71.7 cm³/mol. The van der Waals surface area contributed by atoms with E-state index in [1.54, 1.807) is 0 Å². The molecule has 1 saturated carbocycles. The topological polar surface area (TPSA) is 29.1 Å². The van der Waals surface area contributed by atoms with E-state index in [4.69, 9.17) is 0 Å². The highest BCUT2D eigenvalue weighted by Gasteiger charge is 2.39. The van der Waals surface area contributed by atoms with E-state index in [-0.39, 0.29) is 17.2 Å². The van der Waals surface area contributed by atoms with E-state index in [9.17, 15) is 4.79 Å². The van der Waals surface area contributed by atoms with Gasteiger partial charge in [0.1, 0.15) is 0 Å². The van der Waals surface area contributed by atoms with Crippen LogP contribution in [0.25, 0.3) is 0 Å². The summed E-state index contributed by atoms with van der Waals surface area (Å²) < 4.78 is 0. The first-order valence-electron chi connectivity index (χ1n) is 6.26. The molecule has 1 fully saturated rings. The van der Waals surface area contributed by atoms with Crippen LogP contribution in [0.3, 0.4) is 0 Å². The Morgan fingerprint density at radius 1 is 1.50 bits per heavy atom. The average Bonchev–Trinajstić information content (AvgIpc) is 2.53. The van der Waals surface area contributed by atoms with Gasteiger partial charge in [-0.25, -0.2) is 0 Å². The molecular formula is C13H24BrNO. The van der Waals surface area contributed by atoms with Crippen LogP contribution >= 0.6 is 15.9 Å². The minimum atomic E-state index is 0.184. The minimum Gasteiger partial charge on any atom is -0.355 e. The van der Waals surface area contributed by atoms with Gasteiger partial charge in [0.15, 0.2) is 0 Å². The van der Waals surface area contributed by atoms with Crippen molar-refractivity contribution in [2.75, 3.05) is 6.54 Å². The Morgan fingerprint density at radius 2 is 2.12 bits per heavy atom. The summed E-state index contributed by atoms with van der Waals surface area (Å²) in [6, 6.07) is 0. The predicted octanol–water partition coefficient (Wildman–Crippen LogP) is 3.35. The largest absolute Gasteiger partial charge is 0.355 e. The molecular weight excluding hydrogens is 266 g/mol. The summed E-state index contributed by atoms with van der Waals surface area (Å²) >= 11 is 3.59. The first-order valence-corrected chi connectivity index (χ1v) is 7.18. The summed E-state index contributed by atoms with van der Waals surface area (Å²) in [6.45, 7) is 9.47. The highest BCUT2D eigenvalue weighted by molar-refractivity contribution is 9.09. The van der Waals surface area contributed by atoms with Crippen molar-refractivity contribution in [3.05, 3.63) is 0 Å². The lowest BCUT2D eigenvalue weighted by atomic mass is 9.81. The molecule has 16 heavy (non-hydrogen) atoms. The van der Waals surface area contributed by atoms with Crippen LogP contribution in [0.5, 0.6) is 0 Å². The molecule has 0 spiro atoms. The number of hydrogen-bond donors (Lipinski definition) is 1. The maximum absolute atomic E-state index is 12.1. The Labute approximate surface area is 108 Å². The third-order valence-electron chi connectivity index (χ3n) is 3.77. The van der Waals surface area contributed by atoms with Gasteiger partial charge in [-0.1, -0.05) is 50.0 Å². The van der Waals surface area contributed by atoms with Gasteiger partial charge in [-0.2, -0.15) is 0 Å². The lowest BCUT2D eigenvalue weighted by molar-refractivity contribution is -0.127. The second-order valence-corrected chi connectivity index (χ2v) is 7.11. The summed E-state index contributed by atoms with van der Waals surface area (Å²) in [5.41, 5.74) is 0.184. The van der Waals surface area contributed by atoms with E-state index >= 15 is 0 Å². The van der Waals surface area contributed by atoms with Crippen LogP contribution < -0.4 is 5.32 Å².